The van der Waals surface area contributed by atoms with Crippen molar-refractivity contribution in [2.75, 3.05) is 19.8 Å². The number of aliphatic hydroxyl groups is 1. The van der Waals surface area contributed by atoms with Crippen LogP contribution in [0.25, 0.3) is 0 Å². The molecule has 0 aliphatic carbocycles. The van der Waals surface area contributed by atoms with Gasteiger partial charge in [0.05, 0.1) is 0 Å². The van der Waals surface area contributed by atoms with Crippen LogP contribution in [0, 0.1) is 13.8 Å². The van der Waals surface area contributed by atoms with E-state index < -0.39 is 0 Å². The van der Waals surface area contributed by atoms with Gasteiger partial charge in [-0.25, -0.2) is 0 Å². The minimum Gasteiger partial charge on any atom is -0.398 e. The molecule has 0 radical (unpaired) electrons. The van der Waals surface area contributed by atoms with E-state index in [-0.39, 0.29) is 6.23 Å². The van der Waals surface area contributed by atoms with Crippen LogP contribution in [0.2, 0.25) is 0 Å². The van der Waals surface area contributed by atoms with Gasteiger partial charge >= 0.3 is 0 Å². The maximum Gasteiger partial charge on any atom is 0.104 e. The minimum absolute atomic E-state index is 0.315. The molecule has 1 atom stereocenters. The molecule has 3 nitrogen and oxygen atoms in total. The summed E-state index contributed by atoms with van der Waals surface area (Å²) in [5.74, 6) is 0. The summed E-state index contributed by atoms with van der Waals surface area (Å²) in [5.41, 5.74) is 8.92. The van der Waals surface area contributed by atoms with E-state index in [1.807, 2.05) is 46.1 Å². The SMILES string of the molecule is CC(O)N(C)C.Cc1cccc(C)c1N. The minimum atomic E-state index is -0.315. The van der Waals surface area contributed by atoms with Crippen molar-refractivity contribution in [3.8, 4) is 0 Å². The number of hydrogen-bond donors (Lipinski definition) is 2. The van der Waals surface area contributed by atoms with E-state index >= 15 is 0 Å². The Balaban J connectivity index is 0.000000288. The highest BCUT2D eigenvalue weighted by Gasteiger charge is 1.93. The molecular weight excluding hydrogens is 188 g/mol. The maximum absolute atomic E-state index is 8.56. The molecule has 15 heavy (non-hydrogen) atoms. The summed E-state index contributed by atoms with van der Waals surface area (Å²) in [7, 11) is 3.65. The van der Waals surface area contributed by atoms with Gasteiger partial charge in [0.1, 0.15) is 6.23 Å². The molecule has 1 aromatic carbocycles. The lowest BCUT2D eigenvalue weighted by Gasteiger charge is -2.11. The quantitative estimate of drug-likeness (QED) is 0.548. The summed E-state index contributed by atoms with van der Waals surface area (Å²) >= 11 is 0. The van der Waals surface area contributed by atoms with Gasteiger partial charge in [0.15, 0.2) is 0 Å². The van der Waals surface area contributed by atoms with E-state index in [1.54, 1.807) is 11.8 Å². The number of nitrogens with zero attached hydrogens (tertiary/aromatic N) is 1. The van der Waals surface area contributed by atoms with E-state index in [1.165, 1.54) is 0 Å². The molecule has 0 fully saturated rings. The van der Waals surface area contributed by atoms with Crippen molar-refractivity contribution in [1.29, 1.82) is 0 Å². The zero-order chi connectivity index (χ0) is 12.0. The second kappa shape index (κ2) is 6.43. The molecule has 0 heterocycles. The summed E-state index contributed by atoms with van der Waals surface area (Å²) < 4.78 is 0. The molecule has 86 valence electrons. The second-order valence-corrected chi connectivity index (χ2v) is 3.90. The molecule has 0 spiro atoms. The predicted octanol–water partition coefficient (Wildman–Crippen LogP) is 1.77. The lowest BCUT2D eigenvalue weighted by Crippen LogP contribution is -2.23. The van der Waals surface area contributed by atoms with Crippen LogP contribution in [-0.4, -0.2) is 30.3 Å². The van der Waals surface area contributed by atoms with Crippen molar-refractivity contribution in [2.24, 2.45) is 0 Å². The normalized spacial score (nSPS) is 11.9. The molecule has 3 N–H and O–H groups in total. The van der Waals surface area contributed by atoms with Crippen molar-refractivity contribution in [2.45, 2.75) is 27.0 Å². The van der Waals surface area contributed by atoms with Gasteiger partial charge in [-0.05, 0) is 46.0 Å². The fraction of sp³-hybridized carbons (Fsp3) is 0.500. The Hall–Kier alpha value is -1.06. The monoisotopic (exact) mass is 210 g/mol. The highest BCUT2D eigenvalue weighted by molar-refractivity contribution is 5.52. The second-order valence-electron chi connectivity index (χ2n) is 3.90. The van der Waals surface area contributed by atoms with Crippen LogP contribution in [0.4, 0.5) is 5.69 Å². The number of rotatable bonds is 1. The standard InChI is InChI=1S/C8H11N.C4H11NO/c1-6-4-3-5-7(2)8(6)9;1-4(6)5(2)3/h3-5H,9H2,1-2H3;4,6H,1-3H3. The molecule has 0 saturated carbocycles. The van der Waals surface area contributed by atoms with Crippen LogP contribution < -0.4 is 5.73 Å². The molecule has 1 aromatic rings. The van der Waals surface area contributed by atoms with Gasteiger partial charge in [-0.3, -0.25) is 4.90 Å². The first-order valence-electron chi connectivity index (χ1n) is 5.02. The van der Waals surface area contributed by atoms with Gasteiger partial charge in [-0.1, -0.05) is 18.2 Å². The molecular formula is C12H22N2O. The molecule has 3 heteroatoms. The molecule has 0 bridgehead atoms. The van der Waals surface area contributed by atoms with Gasteiger partial charge in [0.25, 0.3) is 0 Å². The van der Waals surface area contributed by atoms with Crippen LogP contribution >= 0.6 is 0 Å². The zero-order valence-electron chi connectivity index (χ0n) is 10.3. The van der Waals surface area contributed by atoms with Crippen molar-refractivity contribution in [3.63, 3.8) is 0 Å². The highest BCUT2D eigenvalue weighted by Crippen LogP contribution is 2.13. The molecule has 1 rings (SSSR count). The molecule has 0 aliphatic rings. The van der Waals surface area contributed by atoms with Crippen LogP contribution in [-0.2, 0) is 0 Å². The Morgan fingerprint density at radius 1 is 1.20 bits per heavy atom. The van der Waals surface area contributed by atoms with Crippen LogP contribution in [0.15, 0.2) is 18.2 Å². The number of nitrogen functional groups attached to an aromatic ring is 1. The van der Waals surface area contributed by atoms with Crippen molar-refractivity contribution < 1.29 is 5.11 Å². The van der Waals surface area contributed by atoms with Crippen molar-refractivity contribution >= 4 is 5.69 Å². The van der Waals surface area contributed by atoms with Gasteiger partial charge in [0.2, 0.25) is 0 Å². The van der Waals surface area contributed by atoms with Gasteiger partial charge in [-0.2, -0.15) is 0 Å². The van der Waals surface area contributed by atoms with Crippen molar-refractivity contribution in [3.05, 3.63) is 29.3 Å². The fourth-order valence-corrected chi connectivity index (χ4v) is 0.827. The average molecular weight is 210 g/mol. The van der Waals surface area contributed by atoms with E-state index in [4.69, 9.17) is 10.8 Å². The highest BCUT2D eigenvalue weighted by atomic mass is 16.3. The van der Waals surface area contributed by atoms with Gasteiger partial charge in [0, 0.05) is 5.69 Å². The largest absolute Gasteiger partial charge is 0.398 e. The third-order valence-electron chi connectivity index (χ3n) is 2.29. The van der Waals surface area contributed by atoms with E-state index in [9.17, 15) is 0 Å². The Bertz CT molecular complexity index is 269. The lowest BCUT2D eigenvalue weighted by molar-refractivity contribution is 0.0578. The number of aliphatic hydroxyl groups excluding tert-OH is 1. The number of aryl methyl sites for hydroxylation is 2. The van der Waals surface area contributed by atoms with Crippen LogP contribution in [0.1, 0.15) is 18.1 Å². The van der Waals surface area contributed by atoms with Crippen LogP contribution in [0.3, 0.4) is 0 Å². The first-order valence-corrected chi connectivity index (χ1v) is 5.02. The number of para-hydroxylation sites is 1. The topological polar surface area (TPSA) is 49.5 Å². The molecule has 0 aliphatic heterocycles. The summed E-state index contributed by atoms with van der Waals surface area (Å²) in [6.45, 7) is 5.75. The molecule has 0 amide bonds. The number of nitrogens with two attached hydrogens (primary N) is 1. The first kappa shape index (κ1) is 13.9. The van der Waals surface area contributed by atoms with Crippen LogP contribution in [0.5, 0.6) is 0 Å². The van der Waals surface area contributed by atoms with E-state index in [0.29, 0.717) is 0 Å². The maximum atomic E-state index is 8.56. The molecule has 0 aromatic heterocycles. The Morgan fingerprint density at radius 3 is 1.73 bits per heavy atom. The third-order valence-corrected chi connectivity index (χ3v) is 2.29. The number of anilines is 1. The van der Waals surface area contributed by atoms with Crippen molar-refractivity contribution in [1.82, 2.24) is 4.90 Å². The summed E-state index contributed by atoms with van der Waals surface area (Å²) in [6, 6.07) is 6.05. The summed E-state index contributed by atoms with van der Waals surface area (Å²) in [4.78, 5) is 1.72. The van der Waals surface area contributed by atoms with E-state index in [2.05, 4.69) is 0 Å². The smallest absolute Gasteiger partial charge is 0.104 e. The number of hydrogen-bond acceptors (Lipinski definition) is 3. The molecule has 0 saturated heterocycles. The van der Waals surface area contributed by atoms with Gasteiger partial charge in [-0.15, -0.1) is 0 Å². The summed E-state index contributed by atoms with van der Waals surface area (Å²) in [6.07, 6.45) is -0.315. The Morgan fingerprint density at radius 2 is 1.53 bits per heavy atom. The lowest BCUT2D eigenvalue weighted by atomic mass is 10.1. The zero-order valence-corrected chi connectivity index (χ0v) is 10.3. The Labute approximate surface area is 92.5 Å². The fourth-order valence-electron chi connectivity index (χ4n) is 0.827. The predicted molar refractivity (Wildman–Crippen MR) is 65.7 cm³/mol. The first-order chi connectivity index (χ1) is 6.86. The Kier molecular flexibility index (Phi) is 5.97. The third kappa shape index (κ3) is 5.40. The molecule has 1 unspecified atom stereocenters. The summed E-state index contributed by atoms with van der Waals surface area (Å²) in [5, 5.41) is 8.56. The number of benzene rings is 1. The van der Waals surface area contributed by atoms with E-state index in [0.717, 1.165) is 16.8 Å². The van der Waals surface area contributed by atoms with Gasteiger partial charge < -0.3 is 10.8 Å². The average Bonchev–Trinajstić information content (AvgIpc) is 2.15.